The second-order valence-electron chi connectivity index (χ2n) is 18.2. The molecule has 1 aliphatic heterocycles. The number of aliphatic carboxylic acids is 1. The summed E-state index contributed by atoms with van der Waals surface area (Å²) in [6.07, 6.45) is 11.9. The van der Waals surface area contributed by atoms with Crippen molar-refractivity contribution in [2.75, 3.05) is 0 Å². The molecule has 0 saturated heterocycles. The van der Waals surface area contributed by atoms with E-state index in [0.717, 1.165) is 73.6 Å². The molecule has 0 radical (unpaired) electrons. The smallest absolute Gasteiger partial charge is 0.322 e. The molecule has 1 N–H and O–H groups in total. The van der Waals surface area contributed by atoms with Crippen LogP contribution in [0.1, 0.15) is 148 Å². The molecular formula is C42H56O6. The van der Waals surface area contributed by atoms with Crippen LogP contribution < -0.4 is 4.74 Å². The van der Waals surface area contributed by atoms with Crippen LogP contribution in [0.15, 0.2) is 35.9 Å². The lowest BCUT2D eigenvalue weighted by molar-refractivity contribution is -0.171. The van der Waals surface area contributed by atoms with Crippen molar-refractivity contribution in [1.82, 2.24) is 0 Å². The molecule has 6 aliphatic rings. The van der Waals surface area contributed by atoms with Crippen molar-refractivity contribution in [3.05, 3.63) is 52.6 Å². The van der Waals surface area contributed by atoms with Gasteiger partial charge in [0.1, 0.15) is 17.3 Å². The van der Waals surface area contributed by atoms with E-state index in [1.807, 2.05) is 6.07 Å². The highest BCUT2D eigenvalue weighted by molar-refractivity contribution is 5.93. The SMILES string of the molecule is C=C1CCC2C(C)(C)CCCC2(C(=O)O)C1CC1C(C)=CCCC12C(=O)Oc1ccc3c(c12)C(OC(C)=O)CC1C(C)(C)CCCC31C. The summed E-state index contributed by atoms with van der Waals surface area (Å²) in [7, 11) is 0. The first-order valence-electron chi connectivity index (χ1n) is 18.7. The number of hydrogen-bond acceptors (Lipinski definition) is 5. The molecule has 6 heteroatoms. The molecular weight excluding hydrogens is 600 g/mol. The predicted octanol–water partition coefficient (Wildman–Crippen LogP) is 9.55. The predicted molar refractivity (Wildman–Crippen MR) is 186 cm³/mol. The largest absolute Gasteiger partial charge is 0.481 e. The van der Waals surface area contributed by atoms with Crippen LogP contribution in [-0.2, 0) is 30.0 Å². The maximum absolute atomic E-state index is 14.7. The van der Waals surface area contributed by atoms with Crippen LogP contribution in [0.25, 0.3) is 0 Å². The summed E-state index contributed by atoms with van der Waals surface area (Å²) in [5.41, 5.74) is 3.19. The maximum Gasteiger partial charge on any atom is 0.322 e. The molecule has 48 heavy (non-hydrogen) atoms. The number of hydrogen-bond donors (Lipinski definition) is 1. The van der Waals surface area contributed by atoms with E-state index in [1.54, 1.807) is 0 Å². The molecule has 1 aromatic carbocycles. The first-order valence-corrected chi connectivity index (χ1v) is 18.7. The van der Waals surface area contributed by atoms with Gasteiger partial charge in [-0.1, -0.05) is 77.3 Å². The molecule has 5 aliphatic carbocycles. The zero-order valence-electron chi connectivity index (χ0n) is 30.3. The van der Waals surface area contributed by atoms with Gasteiger partial charge in [0, 0.05) is 24.0 Å². The van der Waals surface area contributed by atoms with Crippen LogP contribution in [0, 0.1) is 39.9 Å². The number of carboxylic acids is 1. The van der Waals surface area contributed by atoms with E-state index in [0.29, 0.717) is 37.4 Å². The number of esters is 2. The van der Waals surface area contributed by atoms with Gasteiger partial charge in [-0.15, -0.1) is 0 Å². The number of allylic oxidation sites excluding steroid dienone is 3. The average Bonchev–Trinajstić information content (AvgIpc) is 3.27. The topological polar surface area (TPSA) is 89.9 Å². The summed E-state index contributed by atoms with van der Waals surface area (Å²) in [4.78, 5) is 41.0. The third-order valence-corrected chi connectivity index (χ3v) is 15.0. The van der Waals surface area contributed by atoms with Crippen molar-refractivity contribution >= 4 is 17.9 Å². The monoisotopic (exact) mass is 656 g/mol. The Hall–Kier alpha value is -2.89. The summed E-state index contributed by atoms with van der Waals surface area (Å²) in [5, 5.41) is 11.2. The van der Waals surface area contributed by atoms with E-state index >= 15 is 0 Å². The van der Waals surface area contributed by atoms with Crippen LogP contribution in [0.2, 0.25) is 0 Å². The Morgan fingerprint density at radius 2 is 1.67 bits per heavy atom. The van der Waals surface area contributed by atoms with Crippen LogP contribution >= 0.6 is 0 Å². The summed E-state index contributed by atoms with van der Waals surface area (Å²) in [6.45, 7) is 19.8. The third kappa shape index (κ3) is 4.52. The molecule has 0 bridgehead atoms. The van der Waals surface area contributed by atoms with Gasteiger partial charge >= 0.3 is 17.9 Å². The maximum atomic E-state index is 14.7. The van der Waals surface area contributed by atoms with Gasteiger partial charge in [-0.2, -0.15) is 0 Å². The van der Waals surface area contributed by atoms with Gasteiger partial charge < -0.3 is 14.6 Å². The zero-order valence-corrected chi connectivity index (χ0v) is 30.3. The molecule has 1 aromatic rings. The van der Waals surface area contributed by atoms with E-state index in [1.165, 1.54) is 12.5 Å². The van der Waals surface area contributed by atoms with Crippen molar-refractivity contribution in [1.29, 1.82) is 0 Å². The molecule has 260 valence electrons. The van der Waals surface area contributed by atoms with E-state index in [4.69, 9.17) is 9.47 Å². The number of rotatable bonds is 4. The van der Waals surface area contributed by atoms with Gasteiger partial charge in [0.2, 0.25) is 0 Å². The minimum Gasteiger partial charge on any atom is -0.481 e. The van der Waals surface area contributed by atoms with Crippen molar-refractivity contribution < 1.29 is 29.0 Å². The molecule has 3 fully saturated rings. The van der Waals surface area contributed by atoms with Crippen LogP contribution in [-0.4, -0.2) is 23.0 Å². The van der Waals surface area contributed by atoms with Gasteiger partial charge in [0.25, 0.3) is 0 Å². The molecule has 8 unspecified atom stereocenters. The first kappa shape index (κ1) is 33.6. The summed E-state index contributed by atoms with van der Waals surface area (Å²) in [5.74, 6) is -0.822. The molecule has 0 amide bonds. The lowest BCUT2D eigenvalue weighted by Gasteiger charge is -2.58. The van der Waals surface area contributed by atoms with Crippen LogP contribution in [0.4, 0.5) is 0 Å². The van der Waals surface area contributed by atoms with Crippen molar-refractivity contribution in [2.24, 2.45) is 39.9 Å². The molecule has 8 atom stereocenters. The summed E-state index contributed by atoms with van der Waals surface area (Å²) < 4.78 is 12.5. The van der Waals surface area contributed by atoms with E-state index in [2.05, 4.69) is 60.3 Å². The second-order valence-corrected chi connectivity index (χ2v) is 18.2. The Morgan fingerprint density at radius 1 is 0.979 bits per heavy atom. The van der Waals surface area contributed by atoms with E-state index in [-0.39, 0.29) is 45.9 Å². The van der Waals surface area contributed by atoms with Gasteiger partial charge in [-0.25, -0.2) is 0 Å². The molecule has 1 spiro atoms. The number of carboxylic acid groups (broad SMARTS) is 1. The second kappa shape index (κ2) is 11.1. The lowest BCUT2D eigenvalue weighted by Crippen LogP contribution is -2.57. The molecule has 3 saturated carbocycles. The van der Waals surface area contributed by atoms with E-state index in [9.17, 15) is 19.5 Å². The fourth-order valence-corrected chi connectivity index (χ4v) is 12.9. The number of fused-ring (bicyclic) bond motifs is 7. The zero-order chi connectivity index (χ0) is 34.6. The Bertz CT molecular complexity index is 1610. The van der Waals surface area contributed by atoms with Gasteiger partial charge in [0.15, 0.2) is 0 Å². The van der Waals surface area contributed by atoms with Crippen molar-refractivity contribution in [3.8, 4) is 5.75 Å². The van der Waals surface area contributed by atoms with Gasteiger partial charge in [-0.3, -0.25) is 14.4 Å². The highest BCUT2D eigenvalue weighted by atomic mass is 16.5. The first-order chi connectivity index (χ1) is 22.5. The Balaban J connectivity index is 1.42. The third-order valence-electron chi connectivity index (χ3n) is 15.0. The normalized spacial score (nSPS) is 39.3. The highest BCUT2D eigenvalue weighted by Gasteiger charge is 2.65. The molecule has 6 nitrogen and oxygen atoms in total. The van der Waals surface area contributed by atoms with Crippen molar-refractivity contribution in [2.45, 2.75) is 142 Å². The molecule has 7 rings (SSSR count). The highest BCUT2D eigenvalue weighted by Crippen LogP contribution is 2.67. The van der Waals surface area contributed by atoms with E-state index < -0.39 is 22.9 Å². The van der Waals surface area contributed by atoms with Crippen molar-refractivity contribution in [3.63, 3.8) is 0 Å². The van der Waals surface area contributed by atoms with Crippen LogP contribution in [0.5, 0.6) is 5.75 Å². The number of ether oxygens (including phenoxy) is 2. The Morgan fingerprint density at radius 3 is 2.35 bits per heavy atom. The standard InChI is InChI=1S/C42H56O6/c1-24-12-9-20-42(29(24)22-28-25(2)13-16-32-38(4,5)18-11-21-41(28,32)36(44)45)35-30(48-37(42)46)15-14-27-34(35)31(47-26(3)43)23-33-39(6,7)17-10-19-40(27,33)8/h12,14-15,28-29,31-33H,2,9-11,13,16-23H2,1,3-8H3,(H,44,45). The molecule has 1 heterocycles. The van der Waals surface area contributed by atoms with Gasteiger partial charge in [-0.05, 0) is 117 Å². The molecule has 0 aromatic heterocycles. The minimum atomic E-state index is -0.984. The number of carbonyl (C=O) groups excluding carboxylic acids is 2. The summed E-state index contributed by atoms with van der Waals surface area (Å²) >= 11 is 0. The average molecular weight is 657 g/mol. The fraction of sp³-hybridized carbons (Fsp3) is 0.690. The Labute approximate surface area is 287 Å². The fourth-order valence-electron chi connectivity index (χ4n) is 12.9. The van der Waals surface area contributed by atoms with Crippen LogP contribution in [0.3, 0.4) is 0 Å². The minimum absolute atomic E-state index is 0.0473. The quantitative estimate of drug-likeness (QED) is 0.197. The summed E-state index contributed by atoms with van der Waals surface area (Å²) in [6, 6.07) is 4.16. The number of carbonyl (C=O) groups is 3. The lowest BCUT2D eigenvalue weighted by atomic mass is 9.44. The number of benzene rings is 1. The van der Waals surface area contributed by atoms with Gasteiger partial charge in [0.05, 0.1) is 5.41 Å². The Kier molecular flexibility index (Phi) is 7.74.